The Bertz CT molecular complexity index is 817. The van der Waals surface area contributed by atoms with E-state index in [1.54, 1.807) is 6.20 Å². The number of hydrogen-bond acceptors (Lipinski definition) is 3. The van der Waals surface area contributed by atoms with Crippen molar-refractivity contribution in [1.29, 1.82) is 0 Å². The molecule has 2 aliphatic rings. The third kappa shape index (κ3) is 3.63. The van der Waals surface area contributed by atoms with Crippen LogP contribution in [0.3, 0.4) is 0 Å². The molecule has 3 heterocycles. The Hall–Kier alpha value is -1.85. The minimum atomic E-state index is 0.111. The minimum Gasteiger partial charge on any atom is -0.339 e. The molecule has 2 fully saturated rings. The van der Waals surface area contributed by atoms with Crippen molar-refractivity contribution in [3.63, 3.8) is 0 Å². The van der Waals surface area contributed by atoms with Crippen LogP contribution in [0, 0.1) is 11.8 Å². The summed E-state index contributed by atoms with van der Waals surface area (Å²) in [7, 11) is 0. The fourth-order valence-electron chi connectivity index (χ4n) is 4.48. The number of likely N-dealkylation sites (tertiary alicyclic amines) is 1. The van der Waals surface area contributed by atoms with Crippen LogP contribution < -0.4 is 5.32 Å². The zero-order valence-corrected chi connectivity index (χ0v) is 16.7. The molecule has 144 valence electrons. The highest BCUT2D eigenvalue weighted by molar-refractivity contribution is 6.30. The number of amides is 1. The average molecular weight is 387 g/mol. The summed E-state index contributed by atoms with van der Waals surface area (Å²) in [5, 5.41) is 8.70. The number of fused-ring (bicyclic) bond motifs is 1. The molecule has 0 aliphatic carbocycles. The molecule has 1 aromatic carbocycles. The van der Waals surface area contributed by atoms with E-state index in [0.29, 0.717) is 16.9 Å². The lowest BCUT2D eigenvalue weighted by Crippen LogP contribution is -2.33. The summed E-state index contributed by atoms with van der Waals surface area (Å²) in [4.78, 5) is 15.4. The van der Waals surface area contributed by atoms with Crippen molar-refractivity contribution in [2.24, 2.45) is 11.8 Å². The van der Waals surface area contributed by atoms with Crippen LogP contribution in [0.15, 0.2) is 30.5 Å². The number of aromatic nitrogens is 2. The summed E-state index contributed by atoms with van der Waals surface area (Å²) >= 11 is 6.16. The Morgan fingerprint density at radius 2 is 1.93 bits per heavy atom. The maximum Gasteiger partial charge on any atom is 0.257 e. The highest BCUT2D eigenvalue weighted by atomic mass is 35.5. The summed E-state index contributed by atoms with van der Waals surface area (Å²) in [5.41, 5.74) is 2.56. The number of nitrogens with one attached hydrogen (secondary N) is 1. The van der Waals surface area contributed by atoms with E-state index >= 15 is 0 Å². The molecule has 1 N–H and O–H groups in total. The molecule has 2 atom stereocenters. The zero-order chi connectivity index (χ0) is 19.0. The van der Waals surface area contributed by atoms with Crippen LogP contribution in [0.2, 0.25) is 5.02 Å². The van der Waals surface area contributed by atoms with Gasteiger partial charge < -0.3 is 10.2 Å². The molecule has 4 rings (SSSR count). The van der Waals surface area contributed by atoms with Crippen LogP contribution in [-0.2, 0) is 0 Å². The Morgan fingerprint density at radius 1 is 1.22 bits per heavy atom. The second kappa shape index (κ2) is 7.64. The topological polar surface area (TPSA) is 50.2 Å². The van der Waals surface area contributed by atoms with E-state index in [-0.39, 0.29) is 11.8 Å². The Balaban J connectivity index is 1.62. The number of carbonyl (C=O) groups is 1. The molecule has 1 amide bonds. The van der Waals surface area contributed by atoms with Gasteiger partial charge in [-0.05, 0) is 61.9 Å². The maximum absolute atomic E-state index is 13.3. The molecule has 5 nitrogen and oxygen atoms in total. The molecule has 2 aliphatic heterocycles. The highest BCUT2D eigenvalue weighted by Crippen LogP contribution is 2.30. The molecule has 2 aromatic rings. The second-order valence-corrected chi connectivity index (χ2v) is 8.47. The van der Waals surface area contributed by atoms with Crippen LogP contribution in [0.4, 0.5) is 0 Å². The predicted molar refractivity (Wildman–Crippen MR) is 108 cm³/mol. The average Bonchev–Trinajstić information content (AvgIpc) is 3.24. The molecule has 0 radical (unpaired) electrons. The van der Waals surface area contributed by atoms with Crippen molar-refractivity contribution in [1.82, 2.24) is 20.0 Å². The zero-order valence-electron chi connectivity index (χ0n) is 16.0. The predicted octanol–water partition coefficient (Wildman–Crippen LogP) is 3.72. The number of halogens is 1. The number of nitrogens with zero attached hydrogens (tertiary/aromatic N) is 3. The lowest BCUT2D eigenvalue weighted by molar-refractivity contribution is 0.0757. The van der Waals surface area contributed by atoms with Crippen molar-refractivity contribution in [3.05, 3.63) is 46.7 Å². The van der Waals surface area contributed by atoms with Crippen LogP contribution in [0.5, 0.6) is 0 Å². The van der Waals surface area contributed by atoms with Crippen LogP contribution in [0.25, 0.3) is 5.69 Å². The van der Waals surface area contributed by atoms with Gasteiger partial charge in [0.25, 0.3) is 5.91 Å². The standard InChI is InChI=1S/C21H27ClN4O/c1-14(2)20-19(13-24-26(20)18-5-3-4-17(22)10-18)21(27)25-8-6-15-11-23-12-16(15)7-9-25/h3-5,10,13-16,23H,6-9,11-12H2,1-2H3/t15-,16+. The first-order valence-electron chi connectivity index (χ1n) is 9.88. The van der Waals surface area contributed by atoms with Gasteiger partial charge in [-0.25, -0.2) is 4.68 Å². The fourth-order valence-corrected chi connectivity index (χ4v) is 4.67. The van der Waals surface area contributed by atoms with Crippen molar-refractivity contribution in [3.8, 4) is 5.69 Å². The molecule has 0 saturated carbocycles. The van der Waals surface area contributed by atoms with Gasteiger partial charge in [0.05, 0.1) is 23.1 Å². The first-order chi connectivity index (χ1) is 13.0. The van der Waals surface area contributed by atoms with E-state index in [4.69, 9.17) is 11.6 Å². The van der Waals surface area contributed by atoms with Gasteiger partial charge in [-0.1, -0.05) is 31.5 Å². The molecule has 6 heteroatoms. The van der Waals surface area contributed by atoms with Gasteiger partial charge in [0.2, 0.25) is 0 Å². The van der Waals surface area contributed by atoms with E-state index in [0.717, 1.165) is 56.0 Å². The van der Waals surface area contributed by atoms with Crippen molar-refractivity contribution >= 4 is 17.5 Å². The van der Waals surface area contributed by atoms with Crippen LogP contribution in [0.1, 0.15) is 48.7 Å². The molecule has 2 saturated heterocycles. The summed E-state index contributed by atoms with van der Waals surface area (Å²) in [6.07, 6.45) is 3.90. The van der Waals surface area contributed by atoms with Gasteiger partial charge in [-0.2, -0.15) is 5.10 Å². The molecule has 0 spiro atoms. The quantitative estimate of drug-likeness (QED) is 0.874. The Kier molecular flexibility index (Phi) is 5.24. The van der Waals surface area contributed by atoms with Gasteiger partial charge in [-0.15, -0.1) is 0 Å². The summed E-state index contributed by atoms with van der Waals surface area (Å²) in [6.45, 7) is 8.07. The molecule has 0 bridgehead atoms. The Morgan fingerprint density at radius 3 is 2.56 bits per heavy atom. The minimum absolute atomic E-state index is 0.111. The number of hydrogen-bond donors (Lipinski definition) is 1. The summed E-state index contributed by atoms with van der Waals surface area (Å²) in [5.74, 6) is 1.71. The number of benzene rings is 1. The Labute approximate surface area is 165 Å². The largest absolute Gasteiger partial charge is 0.339 e. The van der Waals surface area contributed by atoms with Crippen LogP contribution >= 0.6 is 11.6 Å². The van der Waals surface area contributed by atoms with Crippen LogP contribution in [-0.4, -0.2) is 46.8 Å². The van der Waals surface area contributed by atoms with Crippen molar-refractivity contribution < 1.29 is 4.79 Å². The van der Waals surface area contributed by atoms with Gasteiger partial charge in [-0.3, -0.25) is 4.79 Å². The van der Waals surface area contributed by atoms with E-state index < -0.39 is 0 Å². The normalized spacial score (nSPS) is 22.7. The molecule has 27 heavy (non-hydrogen) atoms. The third-order valence-corrected chi connectivity index (χ3v) is 6.18. The lowest BCUT2D eigenvalue weighted by Gasteiger charge is -2.22. The molecule has 1 aromatic heterocycles. The van der Waals surface area contributed by atoms with E-state index in [1.165, 1.54) is 0 Å². The molecular formula is C21H27ClN4O. The van der Waals surface area contributed by atoms with Gasteiger partial charge in [0.1, 0.15) is 0 Å². The van der Waals surface area contributed by atoms with E-state index in [9.17, 15) is 4.79 Å². The van der Waals surface area contributed by atoms with E-state index in [2.05, 4.69) is 24.3 Å². The van der Waals surface area contributed by atoms with E-state index in [1.807, 2.05) is 33.8 Å². The summed E-state index contributed by atoms with van der Waals surface area (Å²) < 4.78 is 1.86. The summed E-state index contributed by atoms with van der Waals surface area (Å²) in [6, 6.07) is 7.61. The number of rotatable bonds is 3. The maximum atomic E-state index is 13.3. The van der Waals surface area contributed by atoms with Crippen molar-refractivity contribution in [2.75, 3.05) is 26.2 Å². The SMILES string of the molecule is CC(C)c1c(C(=O)N2CC[C@@H]3CNC[C@@H]3CC2)cnn1-c1cccc(Cl)c1. The monoisotopic (exact) mass is 386 g/mol. The second-order valence-electron chi connectivity index (χ2n) is 8.04. The third-order valence-electron chi connectivity index (χ3n) is 5.94. The molecular weight excluding hydrogens is 360 g/mol. The first kappa shape index (κ1) is 18.5. The smallest absolute Gasteiger partial charge is 0.257 e. The first-order valence-corrected chi connectivity index (χ1v) is 10.3. The lowest BCUT2D eigenvalue weighted by atomic mass is 9.92. The van der Waals surface area contributed by atoms with Gasteiger partial charge in [0, 0.05) is 18.1 Å². The van der Waals surface area contributed by atoms with Gasteiger partial charge in [0.15, 0.2) is 0 Å². The molecule has 0 unspecified atom stereocenters. The van der Waals surface area contributed by atoms with Gasteiger partial charge >= 0.3 is 0 Å². The number of carbonyl (C=O) groups excluding carboxylic acids is 1. The van der Waals surface area contributed by atoms with Crippen molar-refractivity contribution in [2.45, 2.75) is 32.6 Å². The fraction of sp³-hybridized carbons (Fsp3) is 0.524. The highest BCUT2D eigenvalue weighted by Gasteiger charge is 2.33.